The van der Waals surface area contributed by atoms with Crippen LogP contribution < -0.4 is 14.8 Å². The molecule has 0 aromatic heterocycles. The quantitative estimate of drug-likeness (QED) is 0.858. The Kier molecular flexibility index (Phi) is 6.46. The molecule has 0 saturated carbocycles. The highest BCUT2D eigenvalue weighted by atomic mass is 35.5. The predicted molar refractivity (Wildman–Crippen MR) is 91.9 cm³/mol. The van der Waals surface area contributed by atoms with Gasteiger partial charge in [0.05, 0.1) is 7.11 Å². The highest BCUT2D eigenvalue weighted by molar-refractivity contribution is 5.95. The van der Waals surface area contributed by atoms with Crippen LogP contribution in [0.1, 0.15) is 36.0 Å². The summed E-state index contributed by atoms with van der Waals surface area (Å²) in [5.41, 5.74) is 0.319. The van der Waals surface area contributed by atoms with E-state index in [2.05, 4.69) is 10.1 Å². The van der Waals surface area contributed by atoms with Crippen molar-refractivity contribution in [2.75, 3.05) is 14.2 Å². The van der Waals surface area contributed by atoms with Crippen LogP contribution in [-0.4, -0.2) is 49.7 Å². The number of ether oxygens (including phenoxy) is 2. The van der Waals surface area contributed by atoms with E-state index < -0.39 is 6.61 Å². The van der Waals surface area contributed by atoms with Gasteiger partial charge in [-0.3, -0.25) is 4.79 Å². The highest BCUT2D eigenvalue weighted by Crippen LogP contribution is 2.32. The van der Waals surface area contributed by atoms with Crippen molar-refractivity contribution in [1.82, 2.24) is 10.2 Å². The number of nitrogens with zero attached hydrogens (tertiary/aromatic N) is 1. The van der Waals surface area contributed by atoms with E-state index in [0.29, 0.717) is 17.6 Å². The molecule has 2 aliphatic rings. The summed E-state index contributed by atoms with van der Waals surface area (Å²) in [4.78, 5) is 14.5. The molecular formula is C17H23ClF2N2O3. The zero-order valence-corrected chi connectivity index (χ0v) is 15.0. The monoisotopic (exact) mass is 376 g/mol. The Balaban J connectivity index is 0.00000225. The maximum atomic E-state index is 12.7. The maximum Gasteiger partial charge on any atom is 0.387 e. The summed E-state index contributed by atoms with van der Waals surface area (Å²) in [6.45, 7) is -2.97. The van der Waals surface area contributed by atoms with Crippen LogP contribution in [0.5, 0.6) is 11.5 Å². The maximum absolute atomic E-state index is 12.7. The second-order valence-electron chi connectivity index (χ2n) is 6.42. The number of carbonyl (C=O) groups excluding carboxylic acids is 1. The van der Waals surface area contributed by atoms with Crippen LogP contribution >= 0.6 is 12.4 Å². The molecule has 0 spiro atoms. The van der Waals surface area contributed by atoms with Gasteiger partial charge in [0.25, 0.3) is 5.91 Å². The van der Waals surface area contributed by atoms with E-state index in [4.69, 9.17) is 4.74 Å². The first kappa shape index (κ1) is 19.7. The smallest absolute Gasteiger partial charge is 0.387 e. The number of hydrogen-bond acceptors (Lipinski definition) is 4. The Bertz CT molecular complexity index is 606. The van der Waals surface area contributed by atoms with Crippen LogP contribution in [0.2, 0.25) is 0 Å². The molecule has 0 radical (unpaired) electrons. The Morgan fingerprint density at radius 2 is 1.88 bits per heavy atom. The summed E-state index contributed by atoms with van der Waals surface area (Å²) in [5, 5.41) is 3.54. The summed E-state index contributed by atoms with van der Waals surface area (Å²) < 4.78 is 34.5. The first-order valence-corrected chi connectivity index (χ1v) is 8.14. The van der Waals surface area contributed by atoms with E-state index >= 15 is 0 Å². The minimum Gasteiger partial charge on any atom is -0.493 e. The Labute approximate surface area is 152 Å². The number of piperidine rings is 1. The van der Waals surface area contributed by atoms with Crippen molar-refractivity contribution in [3.63, 3.8) is 0 Å². The molecule has 2 atom stereocenters. The number of halogens is 3. The summed E-state index contributed by atoms with van der Waals surface area (Å²) in [6, 6.07) is 5.48. The van der Waals surface area contributed by atoms with E-state index in [0.717, 1.165) is 25.7 Å². The molecule has 2 aliphatic heterocycles. The zero-order chi connectivity index (χ0) is 17.3. The predicted octanol–water partition coefficient (Wildman–Crippen LogP) is 3.07. The Hall–Kier alpha value is -1.60. The lowest BCUT2D eigenvalue weighted by molar-refractivity contribution is -0.0512. The van der Waals surface area contributed by atoms with Crippen molar-refractivity contribution in [3.8, 4) is 11.5 Å². The number of fused-ring (bicyclic) bond motifs is 2. The van der Waals surface area contributed by atoms with Gasteiger partial charge in [0.15, 0.2) is 11.5 Å². The molecule has 5 nitrogen and oxygen atoms in total. The van der Waals surface area contributed by atoms with Crippen LogP contribution in [0, 0.1) is 0 Å². The third-order valence-corrected chi connectivity index (χ3v) is 4.94. The number of alkyl halides is 2. The van der Waals surface area contributed by atoms with E-state index in [1.807, 2.05) is 0 Å². The normalized spacial score (nSPS) is 24.6. The average molecular weight is 377 g/mol. The van der Waals surface area contributed by atoms with Crippen molar-refractivity contribution in [2.24, 2.45) is 0 Å². The van der Waals surface area contributed by atoms with Crippen LogP contribution in [0.4, 0.5) is 8.78 Å². The summed E-state index contributed by atoms with van der Waals surface area (Å²) in [7, 11) is 3.14. The molecule has 8 heteroatoms. The molecule has 140 valence electrons. The topological polar surface area (TPSA) is 50.8 Å². The third kappa shape index (κ3) is 4.33. The van der Waals surface area contributed by atoms with Gasteiger partial charge in [-0.1, -0.05) is 0 Å². The van der Waals surface area contributed by atoms with Crippen LogP contribution in [-0.2, 0) is 0 Å². The number of benzene rings is 1. The average Bonchev–Trinajstić information content (AvgIpc) is 2.91. The molecule has 2 fully saturated rings. The lowest BCUT2D eigenvalue weighted by atomic mass is 9.98. The number of hydrogen-bond donors (Lipinski definition) is 1. The summed E-state index contributed by atoms with van der Waals surface area (Å²) >= 11 is 0. The van der Waals surface area contributed by atoms with Crippen molar-refractivity contribution >= 4 is 18.3 Å². The van der Waals surface area contributed by atoms with Crippen LogP contribution in [0.15, 0.2) is 18.2 Å². The first-order chi connectivity index (χ1) is 11.5. The van der Waals surface area contributed by atoms with Gasteiger partial charge in [0, 0.05) is 30.7 Å². The summed E-state index contributed by atoms with van der Waals surface area (Å²) in [5.74, 6) is -0.144. The van der Waals surface area contributed by atoms with Crippen molar-refractivity contribution in [1.29, 1.82) is 0 Å². The van der Waals surface area contributed by atoms with Gasteiger partial charge in [-0.2, -0.15) is 8.78 Å². The fourth-order valence-corrected chi connectivity index (χ4v) is 3.71. The number of rotatable bonds is 5. The van der Waals surface area contributed by atoms with Gasteiger partial charge in [-0.15, -0.1) is 12.4 Å². The van der Waals surface area contributed by atoms with Gasteiger partial charge in [-0.25, -0.2) is 0 Å². The van der Waals surface area contributed by atoms with Crippen molar-refractivity contribution < 1.29 is 23.0 Å². The molecule has 1 aromatic rings. The molecule has 2 bridgehead atoms. The van der Waals surface area contributed by atoms with E-state index in [-0.39, 0.29) is 35.9 Å². The molecule has 2 unspecified atom stereocenters. The number of amides is 1. The van der Waals surface area contributed by atoms with Crippen LogP contribution in [0.3, 0.4) is 0 Å². The molecule has 0 aliphatic carbocycles. The Morgan fingerprint density at radius 3 is 2.44 bits per heavy atom. The molecule has 2 saturated heterocycles. The first-order valence-electron chi connectivity index (χ1n) is 8.14. The molecule has 1 N–H and O–H groups in total. The van der Waals surface area contributed by atoms with E-state index in [9.17, 15) is 13.6 Å². The second-order valence-corrected chi connectivity index (χ2v) is 6.42. The molecule has 1 amide bonds. The molecule has 2 heterocycles. The SMILES string of the molecule is COc1ccc(C(=O)N(C)C2CC3CCC(C2)N3)cc1OC(F)F.Cl. The van der Waals surface area contributed by atoms with Crippen molar-refractivity contribution in [2.45, 2.75) is 50.4 Å². The number of methoxy groups -OCH3 is 1. The minimum absolute atomic E-state index is 0. The lowest BCUT2D eigenvalue weighted by Crippen LogP contribution is -2.48. The fraction of sp³-hybridized carbons (Fsp3) is 0.588. The number of carbonyl (C=O) groups is 1. The highest BCUT2D eigenvalue weighted by Gasteiger charge is 2.36. The zero-order valence-electron chi connectivity index (χ0n) is 14.2. The van der Waals surface area contributed by atoms with Crippen molar-refractivity contribution in [3.05, 3.63) is 23.8 Å². The summed E-state index contributed by atoms with van der Waals surface area (Å²) in [6.07, 6.45) is 4.15. The standard InChI is InChI=1S/C17H22F2N2O3.ClH/c1-21(13-8-11-4-5-12(9-13)20-11)16(22)10-3-6-14(23-2)15(7-10)24-17(18)19;/h3,6-7,11-13,17,20H,4-5,8-9H2,1-2H3;1H. The Morgan fingerprint density at radius 1 is 1.24 bits per heavy atom. The molecule has 3 rings (SSSR count). The molecular weight excluding hydrogens is 354 g/mol. The fourth-order valence-electron chi connectivity index (χ4n) is 3.71. The van der Waals surface area contributed by atoms with Gasteiger partial charge in [-0.05, 0) is 43.9 Å². The molecule has 1 aromatic carbocycles. The van der Waals surface area contributed by atoms with Gasteiger partial charge >= 0.3 is 6.61 Å². The third-order valence-electron chi connectivity index (χ3n) is 4.94. The van der Waals surface area contributed by atoms with Gasteiger partial charge in [0.2, 0.25) is 0 Å². The van der Waals surface area contributed by atoms with E-state index in [1.54, 1.807) is 18.0 Å². The van der Waals surface area contributed by atoms with Gasteiger partial charge in [0.1, 0.15) is 0 Å². The molecule has 25 heavy (non-hydrogen) atoms. The minimum atomic E-state index is -2.97. The lowest BCUT2D eigenvalue weighted by Gasteiger charge is -2.35. The van der Waals surface area contributed by atoms with Gasteiger partial charge < -0.3 is 19.7 Å². The number of nitrogens with one attached hydrogen (secondary N) is 1. The largest absolute Gasteiger partial charge is 0.493 e. The second kappa shape index (κ2) is 8.19. The van der Waals surface area contributed by atoms with E-state index in [1.165, 1.54) is 19.2 Å². The van der Waals surface area contributed by atoms with Crippen LogP contribution in [0.25, 0.3) is 0 Å².